The number of nitrogens with zero attached hydrogens (tertiary/aromatic N) is 2. The van der Waals surface area contributed by atoms with Crippen LogP contribution in [-0.2, 0) is 0 Å². The summed E-state index contributed by atoms with van der Waals surface area (Å²) < 4.78 is 0.897. The molecule has 0 radical (unpaired) electrons. The van der Waals surface area contributed by atoms with Crippen LogP contribution in [0.2, 0.25) is 10.0 Å². The van der Waals surface area contributed by atoms with E-state index < -0.39 is 0 Å². The van der Waals surface area contributed by atoms with Gasteiger partial charge in [0.1, 0.15) is 5.03 Å². The molecule has 154 valence electrons. The zero-order valence-electron chi connectivity index (χ0n) is 16.1. The summed E-state index contributed by atoms with van der Waals surface area (Å²) in [7, 11) is 0. The van der Waals surface area contributed by atoms with Crippen LogP contribution in [0.5, 0.6) is 0 Å². The molecule has 2 heterocycles. The molecule has 2 aromatic carbocycles. The first-order chi connectivity index (χ1) is 14.5. The van der Waals surface area contributed by atoms with Crippen LogP contribution in [0.3, 0.4) is 0 Å². The zero-order valence-corrected chi connectivity index (χ0v) is 19.2. The highest BCUT2D eigenvalue weighted by molar-refractivity contribution is 8.40. The van der Waals surface area contributed by atoms with Crippen molar-refractivity contribution >= 4 is 62.7 Å². The Balaban J connectivity index is 1.67. The highest BCUT2D eigenvalue weighted by Gasteiger charge is 2.38. The number of halogens is 2. The zero-order chi connectivity index (χ0) is 21.3. The van der Waals surface area contributed by atoms with Crippen molar-refractivity contribution in [2.45, 2.75) is 13.3 Å². The third kappa shape index (κ3) is 4.47. The van der Waals surface area contributed by atoms with Crippen molar-refractivity contribution in [1.29, 1.82) is 0 Å². The number of fused-ring (bicyclic) bond motifs is 1. The monoisotopic (exact) mass is 476 g/mol. The fraction of sp³-hybridized carbons (Fsp3) is 0.227. The molecule has 1 unspecified atom stereocenters. The molecule has 1 atom stereocenters. The predicted molar refractivity (Wildman–Crippen MR) is 127 cm³/mol. The predicted octanol–water partition coefficient (Wildman–Crippen LogP) is 6.36. The minimum Gasteiger partial charge on any atom is -0.294 e. The van der Waals surface area contributed by atoms with Gasteiger partial charge in [0, 0.05) is 32.7 Å². The van der Waals surface area contributed by atoms with Crippen molar-refractivity contribution in [3.8, 4) is 0 Å². The van der Waals surface area contributed by atoms with E-state index in [9.17, 15) is 9.59 Å². The number of thioether (sulfide) groups is 2. The van der Waals surface area contributed by atoms with Crippen LogP contribution >= 0.6 is 46.7 Å². The molecule has 8 heteroatoms. The second-order valence-electron chi connectivity index (χ2n) is 6.88. The molecule has 0 bridgehead atoms. The van der Waals surface area contributed by atoms with E-state index in [1.54, 1.807) is 60.3 Å². The molecule has 2 aromatic rings. The van der Waals surface area contributed by atoms with Gasteiger partial charge in [-0.3, -0.25) is 14.6 Å². The number of hydrazone groups is 1. The van der Waals surface area contributed by atoms with Gasteiger partial charge in [0.15, 0.2) is 15.9 Å². The first kappa shape index (κ1) is 21.5. The maximum absolute atomic E-state index is 13.3. The molecule has 0 saturated carbocycles. The Morgan fingerprint density at radius 3 is 2.27 bits per heavy atom. The van der Waals surface area contributed by atoms with Gasteiger partial charge < -0.3 is 0 Å². The molecule has 0 spiro atoms. The quantitative estimate of drug-likeness (QED) is 0.469. The lowest BCUT2D eigenvalue weighted by Gasteiger charge is -2.30. The van der Waals surface area contributed by atoms with E-state index in [1.165, 1.54) is 11.8 Å². The van der Waals surface area contributed by atoms with Gasteiger partial charge >= 0.3 is 0 Å². The van der Waals surface area contributed by atoms with E-state index in [0.717, 1.165) is 15.2 Å². The maximum Gasteiger partial charge on any atom is 0.191 e. The molecular formula is C22H18Cl2N2O2S2. The van der Waals surface area contributed by atoms with E-state index >= 15 is 0 Å². The van der Waals surface area contributed by atoms with Crippen LogP contribution in [0.15, 0.2) is 64.2 Å². The highest BCUT2D eigenvalue weighted by Crippen LogP contribution is 2.43. The molecule has 4 nitrogen and oxygen atoms in total. The fourth-order valence-corrected chi connectivity index (χ4v) is 5.73. The van der Waals surface area contributed by atoms with Gasteiger partial charge in [0.2, 0.25) is 0 Å². The molecule has 0 fully saturated rings. The minimum atomic E-state index is -0.364. The molecule has 4 rings (SSSR count). The third-order valence-corrected chi connectivity index (χ3v) is 7.50. The van der Waals surface area contributed by atoms with E-state index in [4.69, 9.17) is 23.2 Å². The Morgan fingerprint density at radius 1 is 1.07 bits per heavy atom. The number of Topliss-reactive ketones (excluding diaryl/α,β-unsaturated/α-hetero) is 2. The van der Waals surface area contributed by atoms with Crippen molar-refractivity contribution in [2.75, 3.05) is 12.3 Å². The Bertz CT molecular complexity index is 1050. The van der Waals surface area contributed by atoms with Gasteiger partial charge in [-0.15, -0.1) is 0 Å². The van der Waals surface area contributed by atoms with Crippen molar-refractivity contribution in [3.05, 3.63) is 80.3 Å². The lowest BCUT2D eigenvalue weighted by Crippen LogP contribution is -2.34. The average Bonchev–Trinajstić information content (AvgIpc) is 3.16. The molecule has 2 aliphatic heterocycles. The third-order valence-electron chi connectivity index (χ3n) is 4.87. The summed E-state index contributed by atoms with van der Waals surface area (Å²) in [6, 6.07) is 13.7. The first-order valence-corrected chi connectivity index (χ1v) is 12.0. The second kappa shape index (κ2) is 9.18. The SMILES string of the molecule is CCSC1=NN2CC(C(=O)c3ccc(Cl)cc3)CC(C(=O)c3ccc(Cl)cc3)=C2S1. The number of ketones is 2. The van der Waals surface area contributed by atoms with Gasteiger partial charge in [-0.2, -0.15) is 5.10 Å². The summed E-state index contributed by atoms with van der Waals surface area (Å²) >= 11 is 15.1. The fourth-order valence-electron chi connectivity index (χ4n) is 3.42. The first-order valence-electron chi connectivity index (χ1n) is 9.46. The average molecular weight is 477 g/mol. The topological polar surface area (TPSA) is 49.7 Å². The molecule has 30 heavy (non-hydrogen) atoms. The standard InChI is InChI=1S/C22H18Cl2N2O2S2/c1-2-29-22-25-26-12-15(19(27)13-3-7-16(23)8-4-13)11-18(21(26)30-22)20(28)14-5-9-17(24)10-6-14/h3-10,15H,2,11-12H2,1H3. The molecule has 0 aromatic heterocycles. The summed E-state index contributed by atoms with van der Waals surface area (Å²) in [4.78, 5) is 26.5. The largest absolute Gasteiger partial charge is 0.294 e. The van der Waals surface area contributed by atoms with Crippen molar-refractivity contribution in [2.24, 2.45) is 11.0 Å². The normalized spacial score (nSPS) is 18.3. The van der Waals surface area contributed by atoms with Crippen LogP contribution in [0.25, 0.3) is 0 Å². The molecule has 2 aliphatic rings. The van der Waals surface area contributed by atoms with Gasteiger partial charge in [-0.25, -0.2) is 0 Å². The van der Waals surface area contributed by atoms with Crippen LogP contribution in [0, 0.1) is 5.92 Å². The number of carbonyl (C=O) groups is 2. The summed E-state index contributed by atoms with van der Waals surface area (Å²) in [6.45, 7) is 2.51. The lowest BCUT2D eigenvalue weighted by molar-refractivity contribution is 0.0877. The van der Waals surface area contributed by atoms with Crippen LogP contribution in [0.4, 0.5) is 0 Å². The minimum absolute atomic E-state index is 0.0103. The van der Waals surface area contributed by atoms with Crippen LogP contribution < -0.4 is 0 Å². The maximum atomic E-state index is 13.3. The van der Waals surface area contributed by atoms with E-state index in [1.807, 2.05) is 5.01 Å². The number of benzene rings is 2. The number of carbonyl (C=O) groups excluding carboxylic acids is 2. The summed E-state index contributed by atoms with van der Waals surface area (Å²) in [5, 5.41) is 8.45. The summed E-state index contributed by atoms with van der Waals surface area (Å²) in [5.74, 6) is 0.423. The van der Waals surface area contributed by atoms with Crippen LogP contribution in [0.1, 0.15) is 34.1 Å². The Morgan fingerprint density at radius 2 is 1.67 bits per heavy atom. The second-order valence-corrected chi connectivity index (χ2v) is 10.2. The number of hydrogen-bond acceptors (Lipinski definition) is 6. The van der Waals surface area contributed by atoms with E-state index in [-0.39, 0.29) is 17.5 Å². The van der Waals surface area contributed by atoms with Gasteiger partial charge in [0.25, 0.3) is 0 Å². The summed E-state index contributed by atoms with van der Waals surface area (Å²) in [6.07, 6.45) is 0.376. The van der Waals surface area contributed by atoms with Gasteiger partial charge in [0.05, 0.1) is 6.54 Å². The highest BCUT2D eigenvalue weighted by atomic mass is 35.5. The molecule has 0 aliphatic carbocycles. The Hall–Kier alpha value is -1.73. The smallest absolute Gasteiger partial charge is 0.191 e. The van der Waals surface area contributed by atoms with Crippen molar-refractivity contribution < 1.29 is 9.59 Å². The Labute approximate surface area is 193 Å². The van der Waals surface area contributed by atoms with Crippen LogP contribution in [-0.4, -0.2) is 33.2 Å². The molecule has 0 N–H and O–H groups in total. The van der Waals surface area contributed by atoms with E-state index in [0.29, 0.717) is 39.7 Å². The summed E-state index contributed by atoms with van der Waals surface area (Å²) in [5.41, 5.74) is 1.76. The molecule has 0 saturated heterocycles. The Kier molecular flexibility index (Phi) is 6.58. The van der Waals surface area contributed by atoms with Gasteiger partial charge in [-0.1, -0.05) is 41.9 Å². The van der Waals surface area contributed by atoms with Crippen molar-refractivity contribution in [1.82, 2.24) is 5.01 Å². The van der Waals surface area contributed by atoms with Crippen molar-refractivity contribution in [3.63, 3.8) is 0 Å². The molecule has 0 amide bonds. The lowest BCUT2D eigenvalue weighted by atomic mass is 9.86. The van der Waals surface area contributed by atoms with E-state index in [2.05, 4.69) is 12.0 Å². The van der Waals surface area contributed by atoms with Gasteiger partial charge in [-0.05, 0) is 72.5 Å². The number of allylic oxidation sites excluding steroid dienone is 1. The molecular weight excluding hydrogens is 459 g/mol. The number of rotatable bonds is 5. The number of hydrogen-bond donors (Lipinski definition) is 0.